The zero-order valence-corrected chi connectivity index (χ0v) is 14.1. The van der Waals surface area contributed by atoms with Gasteiger partial charge in [0.2, 0.25) is 5.91 Å². The van der Waals surface area contributed by atoms with E-state index in [1.54, 1.807) is 24.3 Å². The fourth-order valence-electron chi connectivity index (χ4n) is 2.15. The van der Waals surface area contributed by atoms with E-state index in [2.05, 4.69) is 19.2 Å². The first-order chi connectivity index (χ1) is 11.5. The van der Waals surface area contributed by atoms with Crippen molar-refractivity contribution >= 4 is 17.6 Å². The highest BCUT2D eigenvalue weighted by Gasteiger charge is 2.08. The maximum Gasteiger partial charge on any atom is 0.338 e. The van der Waals surface area contributed by atoms with E-state index in [0.717, 1.165) is 12.0 Å². The van der Waals surface area contributed by atoms with Gasteiger partial charge in [0.05, 0.1) is 18.6 Å². The van der Waals surface area contributed by atoms with Gasteiger partial charge in [0, 0.05) is 5.69 Å². The van der Waals surface area contributed by atoms with Crippen molar-refractivity contribution in [2.24, 2.45) is 5.92 Å². The summed E-state index contributed by atoms with van der Waals surface area (Å²) in [6, 6.07) is 16.3. The number of hydrogen-bond donors (Lipinski definition) is 1. The summed E-state index contributed by atoms with van der Waals surface area (Å²) in [6.45, 7) is 4.59. The molecule has 0 atom stereocenters. The van der Waals surface area contributed by atoms with Gasteiger partial charge >= 0.3 is 5.97 Å². The predicted molar refractivity (Wildman–Crippen MR) is 95.0 cm³/mol. The van der Waals surface area contributed by atoms with E-state index in [1.807, 2.05) is 30.3 Å². The number of esters is 1. The van der Waals surface area contributed by atoms with Crippen LogP contribution in [0.3, 0.4) is 0 Å². The first-order valence-corrected chi connectivity index (χ1v) is 8.15. The number of anilines is 1. The minimum Gasteiger partial charge on any atom is -0.462 e. The lowest BCUT2D eigenvalue weighted by Gasteiger charge is -2.08. The first-order valence-electron chi connectivity index (χ1n) is 8.15. The molecule has 0 saturated carbocycles. The minimum absolute atomic E-state index is 0.0894. The minimum atomic E-state index is -0.335. The Labute approximate surface area is 142 Å². The van der Waals surface area contributed by atoms with Gasteiger partial charge in [-0.2, -0.15) is 0 Å². The molecule has 0 radical (unpaired) electrons. The van der Waals surface area contributed by atoms with Gasteiger partial charge in [-0.15, -0.1) is 0 Å². The Balaban J connectivity index is 1.85. The van der Waals surface area contributed by atoms with Crippen molar-refractivity contribution < 1.29 is 14.3 Å². The highest BCUT2D eigenvalue weighted by atomic mass is 16.5. The quantitative estimate of drug-likeness (QED) is 0.781. The van der Waals surface area contributed by atoms with Crippen molar-refractivity contribution in [3.63, 3.8) is 0 Å². The zero-order chi connectivity index (χ0) is 17.4. The van der Waals surface area contributed by atoms with Gasteiger partial charge < -0.3 is 10.1 Å². The topological polar surface area (TPSA) is 55.4 Å². The fourth-order valence-corrected chi connectivity index (χ4v) is 2.15. The number of benzene rings is 2. The molecule has 0 heterocycles. The zero-order valence-electron chi connectivity index (χ0n) is 14.1. The Morgan fingerprint density at radius 3 is 2.29 bits per heavy atom. The van der Waals surface area contributed by atoms with E-state index in [9.17, 15) is 9.59 Å². The van der Waals surface area contributed by atoms with Gasteiger partial charge in [0.15, 0.2) is 0 Å². The molecule has 24 heavy (non-hydrogen) atoms. The van der Waals surface area contributed by atoms with Crippen molar-refractivity contribution in [2.75, 3.05) is 11.9 Å². The van der Waals surface area contributed by atoms with E-state index < -0.39 is 0 Å². The molecule has 2 rings (SSSR count). The van der Waals surface area contributed by atoms with Crippen molar-refractivity contribution in [1.82, 2.24) is 0 Å². The average Bonchev–Trinajstić information content (AvgIpc) is 2.56. The van der Waals surface area contributed by atoms with Gasteiger partial charge in [-0.25, -0.2) is 4.79 Å². The Bertz CT molecular complexity index is 663. The summed E-state index contributed by atoms with van der Waals surface area (Å²) < 4.78 is 5.21. The lowest BCUT2D eigenvalue weighted by atomic mass is 10.1. The molecule has 0 aliphatic rings. The molecule has 2 aromatic carbocycles. The number of hydrogen-bond acceptors (Lipinski definition) is 3. The monoisotopic (exact) mass is 325 g/mol. The van der Waals surface area contributed by atoms with Crippen LogP contribution in [-0.2, 0) is 16.0 Å². The summed E-state index contributed by atoms with van der Waals surface area (Å²) in [5, 5.41) is 2.82. The van der Waals surface area contributed by atoms with Crippen molar-refractivity contribution in [3.8, 4) is 0 Å². The molecule has 0 aromatic heterocycles. The van der Waals surface area contributed by atoms with Crippen molar-refractivity contribution in [3.05, 3.63) is 65.7 Å². The molecule has 1 N–H and O–H groups in total. The molecule has 0 saturated heterocycles. The van der Waals surface area contributed by atoms with Crippen LogP contribution in [0.1, 0.15) is 36.2 Å². The van der Waals surface area contributed by atoms with Crippen LogP contribution in [0.2, 0.25) is 0 Å². The molecular formula is C20H23NO3. The SMILES string of the molecule is CC(C)CCOC(=O)c1ccc(NC(=O)Cc2ccccc2)cc1. The maximum atomic E-state index is 12.0. The second-order valence-corrected chi connectivity index (χ2v) is 6.11. The molecule has 4 nitrogen and oxygen atoms in total. The molecule has 0 unspecified atom stereocenters. The highest BCUT2D eigenvalue weighted by Crippen LogP contribution is 2.12. The van der Waals surface area contributed by atoms with Gasteiger partial charge in [-0.3, -0.25) is 4.79 Å². The number of carbonyl (C=O) groups excluding carboxylic acids is 2. The van der Waals surface area contributed by atoms with Crippen LogP contribution in [0, 0.1) is 5.92 Å². The standard InChI is InChI=1S/C20H23NO3/c1-15(2)12-13-24-20(23)17-8-10-18(11-9-17)21-19(22)14-16-6-4-3-5-7-16/h3-11,15H,12-14H2,1-2H3,(H,21,22). The van der Waals surface area contributed by atoms with E-state index >= 15 is 0 Å². The van der Waals surface area contributed by atoms with E-state index in [0.29, 0.717) is 30.2 Å². The summed E-state index contributed by atoms with van der Waals surface area (Å²) in [6.07, 6.45) is 1.17. The summed E-state index contributed by atoms with van der Waals surface area (Å²) in [5.41, 5.74) is 2.11. The van der Waals surface area contributed by atoms with Crippen LogP contribution in [-0.4, -0.2) is 18.5 Å². The van der Waals surface area contributed by atoms with Crippen LogP contribution in [0.15, 0.2) is 54.6 Å². The largest absolute Gasteiger partial charge is 0.462 e. The van der Waals surface area contributed by atoms with E-state index in [4.69, 9.17) is 4.74 Å². The molecule has 2 aromatic rings. The molecular weight excluding hydrogens is 302 g/mol. The summed E-state index contributed by atoms with van der Waals surface area (Å²) in [5.74, 6) is 0.0753. The van der Waals surface area contributed by atoms with Crippen LogP contribution >= 0.6 is 0 Å². The second kappa shape index (κ2) is 8.87. The molecule has 126 valence electrons. The van der Waals surface area contributed by atoms with Gasteiger partial charge in [-0.1, -0.05) is 44.2 Å². The molecule has 4 heteroatoms. The lowest BCUT2D eigenvalue weighted by molar-refractivity contribution is -0.115. The third-order valence-corrected chi connectivity index (χ3v) is 3.54. The van der Waals surface area contributed by atoms with Crippen LogP contribution in [0.5, 0.6) is 0 Å². The average molecular weight is 325 g/mol. The summed E-state index contributed by atoms with van der Waals surface area (Å²) >= 11 is 0. The Hall–Kier alpha value is -2.62. The maximum absolute atomic E-state index is 12.0. The number of rotatable bonds is 7. The number of amides is 1. The van der Waals surface area contributed by atoms with Crippen LogP contribution in [0.25, 0.3) is 0 Å². The second-order valence-electron chi connectivity index (χ2n) is 6.11. The van der Waals surface area contributed by atoms with Crippen LogP contribution < -0.4 is 5.32 Å². The Morgan fingerprint density at radius 1 is 1.00 bits per heavy atom. The van der Waals surface area contributed by atoms with Crippen LogP contribution in [0.4, 0.5) is 5.69 Å². The predicted octanol–water partition coefficient (Wildman–Crippen LogP) is 4.07. The smallest absolute Gasteiger partial charge is 0.338 e. The van der Waals surface area contributed by atoms with Gasteiger partial charge in [-0.05, 0) is 42.2 Å². The summed E-state index contributed by atoms with van der Waals surface area (Å²) in [4.78, 5) is 23.9. The number of nitrogens with one attached hydrogen (secondary N) is 1. The molecule has 0 fully saturated rings. The highest BCUT2D eigenvalue weighted by molar-refractivity contribution is 5.94. The number of carbonyl (C=O) groups is 2. The molecule has 0 aliphatic heterocycles. The van der Waals surface area contributed by atoms with E-state index in [-0.39, 0.29) is 11.9 Å². The molecule has 0 spiro atoms. The Kier molecular flexibility index (Phi) is 6.55. The van der Waals surface area contributed by atoms with E-state index in [1.165, 1.54) is 0 Å². The molecule has 1 amide bonds. The third kappa shape index (κ3) is 5.88. The number of ether oxygens (including phenoxy) is 1. The fraction of sp³-hybridized carbons (Fsp3) is 0.300. The normalized spacial score (nSPS) is 10.5. The Morgan fingerprint density at radius 2 is 1.67 bits per heavy atom. The summed E-state index contributed by atoms with van der Waals surface area (Å²) in [7, 11) is 0. The molecule has 0 bridgehead atoms. The molecule has 0 aliphatic carbocycles. The lowest BCUT2D eigenvalue weighted by Crippen LogP contribution is -2.14. The van der Waals surface area contributed by atoms with Gasteiger partial charge in [0.25, 0.3) is 0 Å². The third-order valence-electron chi connectivity index (χ3n) is 3.54. The van der Waals surface area contributed by atoms with Crippen molar-refractivity contribution in [2.45, 2.75) is 26.7 Å². The first kappa shape index (κ1) is 17.7. The van der Waals surface area contributed by atoms with Gasteiger partial charge in [0.1, 0.15) is 0 Å². The van der Waals surface area contributed by atoms with Crippen molar-refractivity contribution in [1.29, 1.82) is 0 Å².